The Labute approximate surface area is 113 Å². The Morgan fingerprint density at radius 1 is 1.26 bits per heavy atom. The van der Waals surface area contributed by atoms with Gasteiger partial charge in [-0.05, 0) is 36.6 Å². The summed E-state index contributed by atoms with van der Waals surface area (Å²) in [5, 5.41) is 2.97. The number of aryl methyl sites for hydroxylation is 1. The Kier molecular flexibility index (Phi) is 4.29. The number of hydrogen-bond acceptors (Lipinski definition) is 2. The van der Waals surface area contributed by atoms with Crippen molar-refractivity contribution < 1.29 is 4.79 Å². The monoisotopic (exact) mass is 254 g/mol. The molecule has 0 aliphatic rings. The molecule has 0 aliphatic carbocycles. The maximum absolute atomic E-state index is 12.0. The number of nitrogens with zero attached hydrogens (tertiary/aromatic N) is 1. The largest absolute Gasteiger partial charge is 0.345 e. The smallest absolute Gasteiger partial charge is 0.253 e. The third kappa shape index (κ3) is 3.41. The van der Waals surface area contributed by atoms with Crippen molar-refractivity contribution in [1.29, 1.82) is 0 Å². The van der Waals surface area contributed by atoms with Gasteiger partial charge < -0.3 is 5.32 Å². The van der Waals surface area contributed by atoms with Crippen LogP contribution in [0.2, 0.25) is 0 Å². The predicted molar refractivity (Wildman–Crippen MR) is 75.9 cm³/mol. The van der Waals surface area contributed by atoms with Crippen LogP contribution in [0.15, 0.2) is 48.8 Å². The summed E-state index contributed by atoms with van der Waals surface area (Å²) in [5.74, 6) is -0.0971. The Morgan fingerprint density at radius 3 is 2.58 bits per heavy atom. The predicted octanol–water partition coefficient (Wildman–Crippen LogP) is 3.14. The van der Waals surface area contributed by atoms with Crippen LogP contribution >= 0.6 is 0 Å². The number of carbonyl (C=O) groups is 1. The van der Waals surface area contributed by atoms with E-state index in [4.69, 9.17) is 0 Å². The minimum atomic E-state index is -0.0971. The van der Waals surface area contributed by atoms with E-state index >= 15 is 0 Å². The lowest BCUT2D eigenvalue weighted by atomic mass is 10.0. The van der Waals surface area contributed by atoms with E-state index in [1.54, 1.807) is 24.5 Å². The van der Waals surface area contributed by atoms with Gasteiger partial charge in [0, 0.05) is 12.4 Å². The zero-order chi connectivity index (χ0) is 13.7. The topological polar surface area (TPSA) is 42.0 Å². The molecule has 19 heavy (non-hydrogen) atoms. The molecule has 2 rings (SSSR count). The first-order valence-corrected chi connectivity index (χ1v) is 6.50. The van der Waals surface area contributed by atoms with Crippen LogP contribution in [0.25, 0.3) is 0 Å². The van der Waals surface area contributed by atoms with Crippen molar-refractivity contribution in [1.82, 2.24) is 10.3 Å². The second-order valence-corrected chi connectivity index (χ2v) is 4.53. The molecule has 98 valence electrons. The average Bonchev–Trinajstić information content (AvgIpc) is 2.48. The average molecular weight is 254 g/mol. The molecule has 3 nitrogen and oxygen atoms in total. The van der Waals surface area contributed by atoms with E-state index in [-0.39, 0.29) is 11.9 Å². The summed E-state index contributed by atoms with van der Waals surface area (Å²) in [6.07, 6.45) is 4.25. The van der Waals surface area contributed by atoms with Gasteiger partial charge in [-0.2, -0.15) is 0 Å². The molecule has 0 unspecified atom stereocenters. The van der Waals surface area contributed by atoms with Crippen LogP contribution in [0.5, 0.6) is 0 Å². The van der Waals surface area contributed by atoms with Gasteiger partial charge in [0.15, 0.2) is 0 Å². The van der Waals surface area contributed by atoms with Crippen LogP contribution in [0, 0.1) is 0 Å². The number of amides is 1. The van der Waals surface area contributed by atoms with Crippen molar-refractivity contribution in [3.63, 3.8) is 0 Å². The molecule has 2 aromatic rings. The van der Waals surface area contributed by atoms with E-state index in [2.05, 4.69) is 41.5 Å². The molecular formula is C16H18N2O. The van der Waals surface area contributed by atoms with E-state index in [0.29, 0.717) is 5.56 Å². The van der Waals surface area contributed by atoms with Crippen molar-refractivity contribution in [3.05, 3.63) is 65.5 Å². The maximum atomic E-state index is 12.0. The van der Waals surface area contributed by atoms with Crippen molar-refractivity contribution >= 4 is 5.91 Å². The van der Waals surface area contributed by atoms with Crippen molar-refractivity contribution in [2.75, 3.05) is 0 Å². The van der Waals surface area contributed by atoms with Gasteiger partial charge in [0.25, 0.3) is 5.91 Å². The molecule has 0 fully saturated rings. The van der Waals surface area contributed by atoms with Gasteiger partial charge in [-0.25, -0.2) is 0 Å². The number of pyridine rings is 1. The summed E-state index contributed by atoms with van der Waals surface area (Å²) in [5.41, 5.74) is 2.99. The zero-order valence-corrected chi connectivity index (χ0v) is 11.3. The van der Waals surface area contributed by atoms with E-state index < -0.39 is 0 Å². The highest BCUT2D eigenvalue weighted by Crippen LogP contribution is 2.14. The summed E-state index contributed by atoms with van der Waals surface area (Å²) >= 11 is 0. The molecule has 1 aromatic carbocycles. The minimum absolute atomic E-state index is 0.0152. The second-order valence-electron chi connectivity index (χ2n) is 4.53. The van der Waals surface area contributed by atoms with Gasteiger partial charge >= 0.3 is 0 Å². The first-order valence-electron chi connectivity index (χ1n) is 6.50. The maximum Gasteiger partial charge on any atom is 0.253 e. The van der Waals surface area contributed by atoms with E-state index in [0.717, 1.165) is 12.0 Å². The molecule has 0 saturated carbocycles. The Hall–Kier alpha value is -2.16. The minimum Gasteiger partial charge on any atom is -0.345 e. The number of carbonyl (C=O) groups excluding carboxylic acids is 1. The highest BCUT2D eigenvalue weighted by Gasteiger charge is 2.11. The molecule has 0 spiro atoms. The van der Waals surface area contributed by atoms with Crippen molar-refractivity contribution in [2.24, 2.45) is 0 Å². The fourth-order valence-electron chi connectivity index (χ4n) is 1.90. The van der Waals surface area contributed by atoms with Crippen LogP contribution in [-0.2, 0) is 6.42 Å². The first kappa shape index (κ1) is 13.3. The van der Waals surface area contributed by atoms with Crippen molar-refractivity contribution in [2.45, 2.75) is 26.3 Å². The summed E-state index contributed by atoms with van der Waals surface area (Å²) in [6.45, 7) is 4.11. The summed E-state index contributed by atoms with van der Waals surface area (Å²) in [7, 11) is 0. The number of hydrogen-bond donors (Lipinski definition) is 1. The molecule has 1 aromatic heterocycles. The zero-order valence-electron chi connectivity index (χ0n) is 11.3. The van der Waals surface area contributed by atoms with Gasteiger partial charge in [-0.15, -0.1) is 0 Å². The highest BCUT2D eigenvalue weighted by molar-refractivity contribution is 5.94. The fourth-order valence-corrected chi connectivity index (χ4v) is 1.90. The number of rotatable bonds is 4. The Morgan fingerprint density at radius 2 is 2.00 bits per heavy atom. The quantitative estimate of drug-likeness (QED) is 0.910. The van der Waals surface area contributed by atoms with E-state index in [9.17, 15) is 4.79 Å². The molecule has 1 N–H and O–H groups in total. The lowest BCUT2D eigenvalue weighted by Gasteiger charge is -2.14. The third-order valence-electron chi connectivity index (χ3n) is 3.16. The van der Waals surface area contributed by atoms with Crippen LogP contribution in [0.4, 0.5) is 0 Å². The number of benzene rings is 1. The summed E-state index contributed by atoms with van der Waals surface area (Å²) in [6, 6.07) is 11.8. The standard InChI is InChI=1S/C16H18N2O/c1-3-13-6-8-14(9-7-13)12(2)18-16(19)15-5-4-10-17-11-15/h4-12H,3H2,1-2H3,(H,18,19)/t12-/m1/s1. The van der Waals surface area contributed by atoms with Crippen molar-refractivity contribution in [3.8, 4) is 0 Å². The lowest BCUT2D eigenvalue weighted by Crippen LogP contribution is -2.26. The molecule has 1 amide bonds. The lowest BCUT2D eigenvalue weighted by molar-refractivity contribution is 0.0939. The SMILES string of the molecule is CCc1ccc([C@@H](C)NC(=O)c2cccnc2)cc1. The molecular weight excluding hydrogens is 236 g/mol. The van der Waals surface area contributed by atoms with Gasteiger partial charge in [0.1, 0.15) is 0 Å². The van der Waals surface area contributed by atoms with Gasteiger partial charge in [-0.3, -0.25) is 9.78 Å². The number of nitrogens with one attached hydrogen (secondary N) is 1. The fraction of sp³-hybridized carbons (Fsp3) is 0.250. The van der Waals surface area contributed by atoms with E-state index in [1.807, 2.05) is 6.92 Å². The van der Waals surface area contributed by atoms with E-state index in [1.165, 1.54) is 5.56 Å². The molecule has 0 aliphatic heterocycles. The van der Waals surface area contributed by atoms with Crippen LogP contribution in [-0.4, -0.2) is 10.9 Å². The Balaban J connectivity index is 2.04. The van der Waals surface area contributed by atoms with Crippen LogP contribution in [0.1, 0.15) is 41.4 Å². The normalized spacial score (nSPS) is 11.9. The van der Waals surface area contributed by atoms with Crippen LogP contribution in [0.3, 0.4) is 0 Å². The van der Waals surface area contributed by atoms with Gasteiger partial charge in [-0.1, -0.05) is 31.2 Å². The molecule has 1 atom stereocenters. The third-order valence-corrected chi connectivity index (χ3v) is 3.16. The molecule has 1 heterocycles. The first-order chi connectivity index (χ1) is 9.20. The van der Waals surface area contributed by atoms with Crippen LogP contribution < -0.4 is 5.32 Å². The summed E-state index contributed by atoms with van der Waals surface area (Å²) in [4.78, 5) is 15.9. The molecule has 3 heteroatoms. The Bertz CT molecular complexity index is 534. The highest BCUT2D eigenvalue weighted by atomic mass is 16.1. The second kappa shape index (κ2) is 6.14. The molecule has 0 bridgehead atoms. The number of aromatic nitrogens is 1. The summed E-state index contributed by atoms with van der Waals surface area (Å²) < 4.78 is 0. The van der Waals surface area contributed by atoms with Gasteiger partial charge in [0.2, 0.25) is 0 Å². The van der Waals surface area contributed by atoms with Gasteiger partial charge in [0.05, 0.1) is 11.6 Å². The molecule has 0 saturated heterocycles. The molecule has 0 radical (unpaired) electrons.